The third-order valence-corrected chi connectivity index (χ3v) is 8.61. The van der Waals surface area contributed by atoms with Crippen LogP contribution in [0.4, 0.5) is 0 Å². The fourth-order valence-electron chi connectivity index (χ4n) is 4.57. The van der Waals surface area contributed by atoms with Crippen molar-refractivity contribution in [3.8, 4) is 0 Å². The molecule has 1 aliphatic carbocycles. The van der Waals surface area contributed by atoms with Gasteiger partial charge in [-0.2, -0.15) is 18.2 Å². The van der Waals surface area contributed by atoms with Gasteiger partial charge in [-0.3, -0.25) is 0 Å². The molecule has 5 rings (SSSR count). The van der Waals surface area contributed by atoms with Gasteiger partial charge in [0.2, 0.25) is 0 Å². The van der Waals surface area contributed by atoms with E-state index < -0.39 is 7.92 Å². The molecule has 0 spiro atoms. The van der Waals surface area contributed by atoms with Crippen LogP contribution in [0.25, 0.3) is 5.32 Å². The number of nitrogens with zero attached hydrogens (tertiary/aromatic N) is 1. The molecule has 0 aromatic heterocycles. The standard InChI is InChI=1S/C27H31NOP.C5H5.Fe/c1-17(2)25-16-29-27(28-25)24-8-7-9-26(24)30(22-12-18(3)10-19(4)13-22)23-14-20(5)11-21(6)15-23;1-2-4-5-3-1;/h7-15,17,25H,16H2,1-6H3;1-5H;/q2*-1;+2. The van der Waals surface area contributed by atoms with Gasteiger partial charge in [-0.25, -0.2) is 12.1 Å². The zero-order valence-electron chi connectivity index (χ0n) is 22.1. The van der Waals surface area contributed by atoms with Crippen molar-refractivity contribution in [2.45, 2.75) is 47.6 Å². The molecule has 36 heavy (non-hydrogen) atoms. The normalized spacial score (nSPS) is 18.3. The second-order valence-corrected chi connectivity index (χ2v) is 12.1. The first-order valence-electron chi connectivity index (χ1n) is 12.4. The van der Waals surface area contributed by atoms with Crippen molar-refractivity contribution < 1.29 is 21.8 Å². The minimum Gasteiger partial charge on any atom is -0.648 e. The van der Waals surface area contributed by atoms with Crippen LogP contribution in [-0.2, 0) is 21.8 Å². The van der Waals surface area contributed by atoms with E-state index >= 15 is 0 Å². The third-order valence-electron chi connectivity index (χ3n) is 6.19. The summed E-state index contributed by atoms with van der Waals surface area (Å²) in [6.45, 7) is 13.9. The van der Waals surface area contributed by atoms with E-state index in [9.17, 15) is 0 Å². The van der Waals surface area contributed by atoms with Crippen LogP contribution in [0.3, 0.4) is 0 Å². The van der Waals surface area contributed by atoms with Crippen LogP contribution in [0, 0.1) is 33.6 Å². The summed E-state index contributed by atoms with van der Waals surface area (Å²) in [7, 11) is -0.701. The van der Waals surface area contributed by atoms with E-state index in [-0.39, 0.29) is 23.1 Å². The Balaban J connectivity index is 0.000000538. The Bertz CT molecular complexity index is 1140. The molecule has 1 unspecified atom stereocenters. The topological polar surface area (TPSA) is 23.3 Å². The smallest absolute Gasteiger partial charge is 0.648 e. The van der Waals surface area contributed by atoms with Crippen LogP contribution >= 0.6 is 7.92 Å². The molecule has 2 nitrogen and oxygen atoms in total. The molecule has 0 bridgehead atoms. The maximum atomic E-state index is 6.09. The maximum absolute atomic E-state index is 6.09. The fourth-order valence-corrected chi connectivity index (χ4v) is 7.40. The van der Waals surface area contributed by atoms with E-state index in [1.54, 1.807) is 0 Å². The van der Waals surface area contributed by atoms with Crippen LogP contribution in [-0.4, -0.2) is 12.6 Å². The summed E-state index contributed by atoms with van der Waals surface area (Å²) in [5.74, 6) is 1.30. The Morgan fingerprint density at radius 2 is 1.39 bits per heavy atom. The van der Waals surface area contributed by atoms with Crippen molar-refractivity contribution in [1.29, 1.82) is 0 Å². The Labute approximate surface area is 229 Å². The van der Waals surface area contributed by atoms with E-state index in [4.69, 9.17) is 10.1 Å². The predicted molar refractivity (Wildman–Crippen MR) is 152 cm³/mol. The fraction of sp³-hybridized carbons (Fsp3) is 0.281. The van der Waals surface area contributed by atoms with Crippen LogP contribution in [0.15, 0.2) is 102 Å². The van der Waals surface area contributed by atoms with Gasteiger partial charge in [0.25, 0.3) is 0 Å². The zero-order chi connectivity index (χ0) is 24.9. The van der Waals surface area contributed by atoms with Gasteiger partial charge in [0.05, 0.1) is 6.61 Å². The molecule has 4 heteroatoms. The molecular weight excluding hydrogens is 501 g/mol. The summed E-state index contributed by atoms with van der Waals surface area (Å²) in [5, 5.41) is 9.05. The van der Waals surface area contributed by atoms with Gasteiger partial charge >= 0.3 is 17.1 Å². The van der Waals surface area contributed by atoms with Gasteiger partial charge in [0.15, 0.2) is 0 Å². The number of allylic oxidation sites excluding steroid dienone is 5. The van der Waals surface area contributed by atoms with Crippen LogP contribution in [0.5, 0.6) is 0 Å². The second-order valence-electron chi connectivity index (χ2n) is 9.87. The van der Waals surface area contributed by atoms with E-state index in [1.165, 1.54) is 38.2 Å². The molecule has 2 aliphatic rings. The SMILES string of the molecule is Cc1cc(C)cc(P(C2=CC=CC2=C2[N-]C(C(C)C)CO2)c2cc(C)cc(C)c2)c1.[Fe+2].c1cc[cH-]c1. The van der Waals surface area contributed by atoms with E-state index in [2.05, 4.69) is 96.2 Å². The average Bonchev–Trinajstić information content (AvgIpc) is 3.55. The van der Waals surface area contributed by atoms with Crippen LogP contribution in [0.2, 0.25) is 0 Å². The summed E-state index contributed by atoms with van der Waals surface area (Å²) in [6.07, 6.45) is 6.60. The van der Waals surface area contributed by atoms with E-state index in [1.807, 2.05) is 30.3 Å². The molecule has 1 aliphatic heterocycles. The van der Waals surface area contributed by atoms with Crippen molar-refractivity contribution in [2.75, 3.05) is 6.61 Å². The van der Waals surface area contributed by atoms with Crippen LogP contribution < -0.4 is 10.6 Å². The Kier molecular flexibility index (Phi) is 9.91. The van der Waals surface area contributed by atoms with Gasteiger partial charge in [-0.05, 0) is 51.5 Å². The van der Waals surface area contributed by atoms with Gasteiger partial charge in [0, 0.05) is 11.5 Å². The minimum atomic E-state index is -0.701. The van der Waals surface area contributed by atoms with Gasteiger partial charge in [-0.1, -0.05) is 103 Å². The monoisotopic (exact) mass is 537 g/mol. The summed E-state index contributed by atoms with van der Waals surface area (Å²) in [5.41, 5.74) is 6.39. The van der Waals surface area contributed by atoms with Gasteiger partial charge < -0.3 is 10.1 Å². The molecule has 0 radical (unpaired) electrons. The number of hydrogen-bond acceptors (Lipinski definition) is 1. The average molecular weight is 537 g/mol. The first-order valence-corrected chi connectivity index (χ1v) is 13.8. The number of rotatable bonds is 4. The van der Waals surface area contributed by atoms with Crippen LogP contribution in [0.1, 0.15) is 36.1 Å². The minimum absolute atomic E-state index is 0. The first kappa shape index (κ1) is 28.1. The van der Waals surface area contributed by atoms with Gasteiger partial charge in [-0.15, -0.1) is 0 Å². The Morgan fingerprint density at radius 3 is 1.81 bits per heavy atom. The van der Waals surface area contributed by atoms with Crippen molar-refractivity contribution in [2.24, 2.45) is 5.92 Å². The number of ether oxygens (including phenoxy) is 1. The van der Waals surface area contributed by atoms with Gasteiger partial charge in [0.1, 0.15) is 0 Å². The molecule has 1 fully saturated rings. The number of benzene rings is 2. The van der Waals surface area contributed by atoms with E-state index in [0.29, 0.717) is 12.5 Å². The number of hydrogen-bond donors (Lipinski definition) is 0. The second kappa shape index (κ2) is 12.7. The first-order chi connectivity index (χ1) is 16.8. The molecule has 0 amide bonds. The molecular formula is C32H36FeNOP. The summed E-state index contributed by atoms with van der Waals surface area (Å²) in [6, 6.07) is 24.1. The maximum Gasteiger partial charge on any atom is 2.00 e. The van der Waals surface area contributed by atoms with E-state index in [0.717, 1.165) is 11.5 Å². The largest absolute Gasteiger partial charge is 2.00 e. The molecule has 188 valence electrons. The Hall–Kier alpha value is -2.44. The molecule has 1 heterocycles. The predicted octanol–water partition coefficient (Wildman–Crippen LogP) is 7.85. The number of aryl methyl sites for hydroxylation is 4. The van der Waals surface area contributed by atoms with Crippen molar-refractivity contribution in [1.82, 2.24) is 0 Å². The quantitative estimate of drug-likeness (QED) is 0.189. The molecule has 3 aromatic rings. The van der Waals surface area contributed by atoms with Crippen molar-refractivity contribution >= 4 is 18.5 Å². The Morgan fingerprint density at radius 1 is 0.861 bits per heavy atom. The summed E-state index contributed by atoms with van der Waals surface area (Å²) >= 11 is 0. The molecule has 0 saturated carbocycles. The third kappa shape index (κ3) is 6.86. The molecule has 1 atom stereocenters. The van der Waals surface area contributed by atoms with Crippen molar-refractivity contribution in [3.05, 3.63) is 129 Å². The van der Waals surface area contributed by atoms with Crippen molar-refractivity contribution in [3.63, 3.8) is 0 Å². The summed E-state index contributed by atoms with van der Waals surface area (Å²) in [4.78, 5) is 0. The molecule has 1 saturated heterocycles. The zero-order valence-corrected chi connectivity index (χ0v) is 24.1. The summed E-state index contributed by atoms with van der Waals surface area (Å²) < 4.78 is 6.09. The molecule has 3 aromatic carbocycles. The molecule has 0 N–H and O–H groups in total.